The Balaban J connectivity index is 1.28. The minimum atomic E-state index is -1.03. The molecule has 0 aliphatic carbocycles. The summed E-state index contributed by atoms with van der Waals surface area (Å²) in [7, 11) is 1.92. The first-order chi connectivity index (χ1) is 26.8. The SMILES string of the molecule is Cc1cc(OCCCc2c3n(c4c(-c5c(C)nn(C)c5C)c(Cl)ccc24)[C@H](C)CN(c2cccc4c(C(=O)O)cn(Cc5cccnc5)c24)C3=O)cc(C)c1Cl. The van der Waals surface area contributed by atoms with Crippen molar-refractivity contribution < 1.29 is 19.4 Å². The van der Waals surface area contributed by atoms with Gasteiger partial charge in [0.15, 0.2) is 0 Å². The number of benzene rings is 3. The monoisotopic (exact) mass is 788 g/mol. The van der Waals surface area contributed by atoms with Crippen LogP contribution < -0.4 is 9.64 Å². The van der Waals surface area contributed by atoms with Crippen LogP contribution in [0.1, 0.15) is 73.9 Å². The van der Waals surface area contributed by atoms with Gasteiger partial charge in [-0.25, -0.2) is 4.79 Å². The summed E-state index contributed by atoms with van der Waals surface area (Å²) in [4.78, 5) is 33.9. The van der Waals surface area contributed by atoms with Crippen LogP contribution in [-0.2, 0) is 20.0 Å². The Morgan fingerprint density at radius 2 is 1.75 bits per heavy atom. The lowest BCUT2D eigenvalue weighted by Crippen LogP contribution is -2.43. The second-order valence-corrected chi connectivity index (χ2v) is 15.6. The number of amides is 1. The Labute approximate surface area is 334 Å². The fourth-order valence-corrected chi connectivity index (χ4v) is 8.83. The van der Waals surface area contributed by atoms with Gasteiger partial charge in [0.05, 0.1) is 39.6 Å². The number of pyridine rings is 1. The van der Waals surface area contributed by atoms with Crippen molar-refractivity contribution in [1.29, 1.82) is 0 Å². The van der Waals surface area contributed by atoms with E-state index in [0.29, 0.717) is 59.8 Å². The summed E-state index contributed by atoms with van der Waals surface area (Å²) in [6.45, 7) is 11.2. The zero-order valence-corrected chi connectivity index (χ0v) is 33.7. The first-order valence-corrected chi connectivity index (χ1v) is 19.4. The topological polar surface area (TPSA) is 107 Å². The number of rotatable bonds is 10. The van der Waals surface area contributed by atoms with Crippen molar-refractivity contribution in [1.82, 2.24) is 23.9 Å². The highest BCUT2D eigenvalue weighted by atomic mass is 35.5. The van der Waals surface area contributed by atoms with Gasteiger partial charge in [0, 0.05) is 77.4 Å². The van der Waals surface area contributed by atoms with Crippen molar-refractivity contribution >= 4 is 62.6 Å². The highest BCUT2D eigenvalue weighted by molar-refractivity contribution is 6.35. The quantitative estimate of drug-likeness (QED) is 0.138. The van der Waals surface area contributed by atoms with Crippen LogP contribution in [-0.4, -0.2) is 54.0 Å². The Morgan fingerprint density at radius 3 is 2.43 bits per heavy atom. The highest BCUT2D eigenvalue weighted by Crippen LogP contribution is 2.46. The largest absolute Gasteiger partial charge is 0.494 e. The summed E-state index contributed by atoms with van der Waals surface area (Å²) < 4.78 is 12.2. The number of anilines is 1. The lowest BCUT2D eigenvalue weighted by molar-refractivity contribution is 0.0698. The van der Waals surface area contributed by atoms with Crippen molar-refractivity contribution in [2.45, 2.75) is 60.0 Å². The Hall–Kier alpha value is -5.58. The number of carbonyl (C=O) groups is 2. The van der Waals surface area contributed by atoms with Gasteiger partial charge in [0.25, 0.3) is 5.91 Å². The number of carboxylic acids is 1. The zero-order valence-electron chi connectivity index (χ0n) is 32.2. The summed E-state index contributed by atoms with van der Waals surface area (Å²) in [6.07, 6.45) is 6.33. The molecule has 0 fully saturated rings. The molecule has 0 saturated heterocycles. The van der Waals surface area contributed by atoms with Crippen LogP contribution in [0.3, 0.4) is 0 Å². The third kappa shape index (κ3) is 6.21. The molecule has 0 unspecified atom stereocenters. The van der Waals surface area contributed by atoms with Gasteiger partial charge in [-0.2, -0.15) is 5.10 Å². The van der Waals surface area contributed by atoms with Gasteiger partial charge in [-0.05, 0) is 100 Å². The second kappa shape index (κ2) is 14.5. The van der Waals surface area contributed by atoms with Crippen molar-refractivity contribution in [2.24, 2.45) is 7.05 Å². The number of halogens is 2. The van der Waals surface area contributed by atoms with E-state index >= 15 is 4.79 Å². The van der Waals surface area contributed by atoms with Gasteiger partial charge in [-0.15, -0.1) is 0 Å². The normalized spacial score (nSPS) is 14.2. The molecule has 5 heterocycles. The van der Waals surface area contributed by atoms with Crippen molar-refractivity contribution in [2.75, 3.05) is 18.1 Å². The molecule has 1 amide bonds. The average Bonchev–Trinajstić information content (AvgIpc) is 3.79. The summed E-state index contributed by atoms with van der Waals surface area (Å²) in [5.41, 5.74) is 10.3. The number of aromatic carboxylic acids is 1. The molecule has 8 rings (SSSR count). The van der Waals surface area contributed by atoms with Crippen molar-refractivity contribution in [3.05, 3.63) is 128 Å². The van der Waals surface area contributed by atoms with Crippen molar-refractivity contribution in [3.63, 3.8) is 0 Å². The molecule has 1 aliphatic heterocycles. The van der Waals surface area contributed by atoms with Gasteiger partial charge in [0.1, 0.15) is 11.4 Å². The molecular formula is C44H42Cl2N6O4. The van der Waals surface area contributed by atoms with E-state index in [2.05, 4.69) is 16.5 Å². The number of aromatic nitrogens is 5. The number of hydrogen-bond donors (Lipinski definition) is 1. The third-order valence-electron chi connectivity index (χ3n) is 11.0. The molecule has 56 heavy (non-hydrogen) atoms. The summed E-state index contributed by atoms with van der Waals surface area (Å²) >= 11 is 13.6. The first kappa shape index (κ1) is 37.3. The fourth-order valence-electron chi connectivity index (χ4n) is 8.48. The van der Waals surface area contributed by atoms with Gasteiger partial charge in [0.2, 0.25) is 0 Å². The van der Waals surface area contributed by atoms with Gasteiger partial charge >= 0.3 is 5.97 Å². The lowest BCUT2D eigenvalue weighted by Gasteiger charge is -2.35. The number of nitrogens with zero attached hydrogens (tertiary/aromatic N) is 6. The van der Waals surface area contributed by atoms with E-state index in [4.69, 9.17) is 33.0 Å². The van der Waals surface area contributed by atoms with Gasteiger partial charge in [-0.1, -0.05) is 47.5 Å². The predicted molar refractivity (Wildman–Crippen MR) is 222 cm³/mol. The Bertz CT molecular complexity index is 2690. The zero-order chi connectivity index (χ0) is 39.6. The molecule has 7 aromatic rings. The predicted octanol–water partition coefficient (Wildman–Crippen LogP) is 9.91. The summed E-state index contributed by atoms with van der Waals surface area (Å²) in [5, 5.41) is 17.8. The van der Waals surface area contributed by atoms with Crippen LogP contribution in [0.4, 0.5) is 5.69 Å². The average molecular weight is 790 g/mol. The number of fused-ring (bicyclic) bond motifs is 4. The lowest BCUT2D eigenvalue weighted by atomic mass is 9.98. The van der Waals surface area contributed by atoms with E-state index in [0.717, 1.165) is 66.4 Å². The number of carbonyl (C=O) groups excluding carboxylic acids is 1. The molecular weight excluding hydrogens is 747 g/mol. The van der Waals surface area contributed by atoms with Crippen LogP contribution in [0, 0.1) is 27.7 Å². The summed E-state index contributed by atoms with van der Waals surface area (Å²) in [6, 6.07) is 17.0. The van der Waals surface area contributed by atoms with Crippen LogP contribution in [0.25, 0.3) is 32.9 Å². The van der Waals surface area contributed by atoms with Crippen LogP contribution in [0.15, 0.2) is 73.2 Å². The Kier molecular flexibility index (Phi) is 9.66. The van der Waals surface area contributed by atoms with Gasteiger partial charge in [-0.3, -0.25) is 14.5 Å². The molecule has 286 valence electrons. The highest BCUT2D eigenvalue weighted by Gasteiger charge is 2.38. The number of para-hydroxylation sites is 1. The van der Waals surface area contributed by atoms with E-state index in [9.17, 15) is 9.90 Å². The number of ether oxygens (including phenoxy) is 1. The minimum absolute atomic E-state index is 0.167. The molecule has 0 spiro atoms. The second-order valence-electron chi connectivity index (χ2n) is 14.8. The van der Waals surface area contributed by atoms with Crippen LogP contribution in [0.2, 0.25) is 10.0 Å². The molecule has 0 saturated carbocycles. The number of hydrogen-bond acceptors (Lipinski definition) is 5. The van der Waals surface area contributed by atoms with E-state index < -0.39 is 5.97 Å². The number of carboxylic acid groups (broad SMARTS) is 1. The molecule has 4 aromatic heterocycles. The smallest absolute Gasteiger partial charge is 0.337 e. The summed E-state index contributed by atoms with van der Waals surface area (Å²) in [5.74, 6) is -0.447. The maximum atomic E-state index is 15.3. The molecule has 0 bridgehead atoms. The van der Waals surface area contributed by atoms with E-state index in [1.807, 2.05) is 97.4 Å². The molecule has 0 radical (unpaired) electrons. The van der Waals surface area contributed by atoms with Crippen molar-refractivity contribution in [3.8, 4) is 16.9 Å². The minimum Gasteiger partial charge on any atom is -0.494 e. The first-order valence-electron chi connectivity index (χ1n) is 18.7. The molecule has 1 aliphatic rings. The van der Waals surface area contributed by atoms with E-state index in [1.54, 1.807) is 24.7 Å². The maximum Gasteiger partial charge on any atom is 0.337 e. The maximum absolute atomic E-state index is 15.3. The van der Waals surface area contributed by atoms with Crippen LogP contribution in [0.5, 0.6) is 5.75 Å². The number of aryl methyl sites for hydroxylation is 5. The molecule has 10 nitrogen and oxygen atoms in total. The standard InChI is InChI=1S/C44H42Cl2N6O4/c1-24-18-30(19-25(2)39(24)46)56-17-9-12-31-33-14-15-35(45)38(37-27(4)48-49(6)28(37)5)41(33)52-26(3)21-51(43(53)42(31)52)36-13-7-11-32-34(44(54)55)23-50(40(32)36)22-29-10-8-16-47-20-29/h7-8,10-11,13-16,18-20,23,26H,9,12,17,21-22H2,1-6H3,(H,54,55)/t26-/m1/s1. The fraction of sp³-hybridized carbons (Fsp3) is 0.273. The molecule has 3 aromatic carbocycles. The van der Waals surface area contributed by atoms with E-state index in [1.165, 1.54) is 0 Å². The Morgan fingerprint density at radius 1 is 0.982 bits per heavy atom. The van der Waals surface area contributed by atoms with Crippen LogP contribution >= 0.6 is 23.2 Å². The molecule has 1 N–H and O–H groups in total. The molecule has 12 heteroatoms. The molecule has 1 atom stereocenters. The van der Waals surface area contributed by atoms with E-state index in [-0.39, 0.29) is 17.5 Å². The third-order valence-corrected chi connectivity index (χ3v) is 11.9. The van der Waals surface area contributed by atoms with Gasteiger partial charge < -0.3 is 23.9 Å².